The van der Waals surface area contributed by atoms with Gasteiger partial charge in [0, 0.05) is 30.6 Å². The minimum absolute atomic E-state index is 0.0652. The van der Waals surface area contributed by atoms with Gasteiger partial charge in [-0.3, -0.25) is 30.3 Å². The zero-order valence-corrected chi connectivity index (χ0v) is 17.2. The number of nitrogens with one attached hydrogen (secondary N) is 3. The third-order valence-electron chi connectivity index (χ3n) is 4.59. The van der Waals surface area contributed by atoms with E-state index in [9.17, 15) is 14.4 Å². The number of anilines is 1. The Labute approximate surface area is 185 Å². The first-order chi connectivity index (χ1) is 15.6. The number of nitrogens with zero attached hydrogens (tertiary/aromatic N) is 3. The fraction of sp³-hybridized carbons (Fsp3) is 0.174. The molecule has 3 aromatic rings. The molecule has 0 unspecified atom stereocenters. The molecule has 9 nitrogen and oxygen atoms in total. The lowest BCUT2D eigenvalue weighted by Gasteiger charge is -2.21. The number of aromatic amines is 1. The number of carbonyl (C=O) groups is 3. The van der Waals surface area contributed by atoms with Crippen molar-refractivity contribution in [3.05, 3.63) is 72.4 Å². The van der Waals surface area contributed by atoms with Gasteiger partial charge in [-0.1, -0.05) is 48.5 Å². The Morgan fingerprint density at radius 1 is 0.969 bits per heavy atom. The van der Waals surface area contributed by atoms with Crippen molar-refractivity contribution in [1.29, 1.82) is 5.26 Å². The summed E-state index contributed by atoms with van der Waals surface area (Å²) in [6.07, 6.45) is -0.00444. The Morgan fingerprint density at radius 3 is 2.34 bits per heavy atom. The number of H-pyrrole nitrogens is 1. The maximum Gasteiger partial charge on any atom is 0.287 e. The van der Waals surface area contributed by atoms with Crippen LogP contribution < -0.4 is 15.8 Å². The van der Waals surface area contributed by atoms with Crippen molar-refractivity contribution in [1.82, 2.24) is 21.0 Å². The molecule has 0 saturated heterocycles. The Balaban J connectivity index is 1.49. The Bertz CT molecular complexity index is 1110. The van der Waals surface area contributed by atoms with E-state index < -0.39 is 11.8 Å². The van der Waals surface area contributed by atoms with Crippen molar-refractivity contribution in [2.24, 2.45) is 0 Å². The highest BCUT2D eigenvalue weighted by atomic mass is 16.2. The maximum absolute atomic E-state index is 12.6. The van der Waals surface area contributed by atoms with Crippen LogP contribution in [0.15, 0.2) is 66.7 Å². The molecule has 0 radical (unpaired) electrons. The normalized spacial score (nSPS) is 10.1. The van der Waals surface area contributed by atoms with E-state index in [1.54, 1.807) is 30.3 Å². The van der Waals surface area contributed by atoms with Crippen LogP contribution in [0.4, 0.5) is 5.69 Å². The van der Waals surface area contributed by atoms with Gasteiger partial charge in [-0.2, -0.15) is 10.4 Å². The van der Waals surface area contributed by atoms with E-state index in [4.69, 9.17) is 5.26 Å². The van der Waals surface area contributed by atoms with Gasteiger partial charge < -0.3 is 4.90 Å². The average molecular weight is 430 g/mol. The molecule has 0 spiro atoms. The number of aromatic nitrogens is 2. The predicted octanol–water partition coefficient (Wildman–Crippen LogP) is 2.56. The molecule has 3 N–H and O–H groups in total. The van der Waals surface area contributed by atoms with Gasteiger partial charge in [0.2, 0.25) is 11.8 Å². The highest BCUT2D eigenvalue weighted by Gasteiger charge is 2.17. The second-order valence-corrected chi connectivity index (χ2v) is 6.82. The average Bonchev–Trinajstić information content (AvgIpc) is 3.33. The molecular weight excluding hydrogens is 408 g/mol. The minimum atomic E-state index is -0.556. The van der Waals surface area contributed by atoms with Crippen molar-refractivity contribution in [2.75, 3.05) is 11.4 Å². The maximum atomic E-state index is 12.6. The predicted molar refractivity (Wildman–Crippen MR) is 118 cm³/mol. The molecule has 32 heavy (non-hydrogen) atoms. The van der Waals surface area contributed by atoms with E-state index in [-0.39, 0.29) is 37.4 Å². The van der Waals surface area contributed by atoms with Gasteiger partial charge in [0.15, 0.2) is 0 Å². The van der Waals surface area contributed by atoms with Crippen LogP contribution in [0.3, 0.4) is 0 Å². The summed E-state index contributed by atoms with van der Waals surface area (Å²) in [6.45, 7) is 0.237. The monoisotopic (exact) mass is 430 g/mol. The molecule has 3 amide bonds. The van der Waals surface area contributed by atoms with Crippen LogP contribution in [0.2, 0.25) is 0 Å². The molecule has 0 fully saturated rings. The summed E-state index contributed by atoms with van der Waals surface area (Å²) < 4.78 is 0. The molecule has 0 saturated carbocycles. The number of hydrogen-bond acceptors (Lipinski definition) is 5. The summed E-state index contributed by atoms with van der Waals surface area (Å²) >= 11 is 0. The standard InChI is InChI=1S/C23H22N6O3/c24-14-7-15-29(18-10-5-2-6-11-18)22(31)13-12-21(30)27-28-23(32)20-16-19(25-26-20)17-8-3-1-4-9-17/h1-6,8-11,16H,7,12-13,15H2,(H,25,26)(H,27,30)(H,28,32). The molecule has 1 heterocycles. The van der Waals surface area contributed by atoms with Gasteiger partial charge in [-0.15, -0.1) is 0 Å². The zero-order chi connectivity index (χ0) is 22.8. The van der Waals surface area contributed by atoms with Gasteiger partial charge in [0.25, 0.3) is 5.91 Å². The number of hydrazine groups is 1. The quantitative estimate of drug-likeness (QED) is 0.473. The van der Waals surface area contributed by atoms with Crippen LogP contribution in [-0.4, -0.2) is 34.5 Å². The number of rotatable bonds is 8. The highest BCUT2D eigenvalue weighted by Crippen LogP contribution is 2.17. The van der Waals surface area contributed by atoms with Crippen LogP contribution in [0.5, 0.6) is 0 Å². The zero-order valence-electron chi connectivity index (χ0n) is 17.2. The summed E-state index contributed by atoms with van der Waals surface area (Å²) in [7, 11) is 0. The number of hydrogen-bond donors (Lipinski definition) is 3. The number of benzene rings is 2. The van der Waals surface area contributed by atoms with Crippen molar-refractivity contribution in [3.8, 4) is 17.3 Å². The van der Waals surface area contributed by atoms with Gasteiger partial charge in [0.1, 0.15) is 5.69 Å². The van der Waals surface area contributed by atoms with Crippen molar-refractivity contribution in [3.63, 3.8) is 0 Å². The Morgan fingerprint density at radius 2 is 1.66 bits per heavy atom. The Hall–Kier alpha value is -4.45. The summed E-state index contributed by atoms with van der Waals surface area (Å²) in [4.78, 5) is 38.4. The molecular formula is C23H22N6O3. The molecule has 0 bridgehead atoms. The Kier molecular flexibility index (Phi) is 7.70. The third kappa shape index (κ3) is 6.03. The molecule has 1 aromatic heterocycles. The lowest BCUT2D eigenvalue weighted by Crippen LogP contribution is -2.42. The first-order valence-corrected chi connectivity index (χ1v) is 10.0. The van der Waals surface area contributed by atoms with E-state index in [0.29, 0.717) is 11.4 Å². The van der Waals surface area contributed by atoms with E-state index in [1.165, 1.54) is 4.90 Å². The first-order valence-electron chi connectivity index (χ1n) is 10.0. The largest absolute Gasteiger partial charge is 0.311 e. The van der Waals surface area contributed by atoms with E-state index in [1.807, 2.05) is 42.5 Å². The lowest BCUT2D eigenvalue weighted by atomic mass is 10.1. The fourth-order valence-corrected chi connectivity index (χ4v) is 2.97. The molecule has 0 aliphatic rings. The number of nitriles is 1. The van der Waals surface area contributed by atoms with Gasteiger partial charge >= 0.3 is 0 Å². The molecule has 0 atom stereocenters. The van der Waals surface area contributed by atoms with Crippen LogP contribution >= 0.6 is 0 Å². The number of carbonyl (C=O) groups excluding carboxylic acids is 3. The summed E-state index contributed by atoms with van der Waals surface area (Å²) in [5, 5.41) is 15.6. The summed E-state index contributed by atoms with van der Waals surface area (Å²) in [5.74, 6) is -1.35. The highest BCUT2D eigenvalue weighted by molar-refractivity contribution is 5.97. The first kappa shape index (κ1) is 22.2. The lowest BCUT2D eigenvalue weighted by molar-refractivity contribution is -0.125. The summed E-state index contributed by atoms with van der Waals surface area (Å²) in [6, 6.07) is 21.9. The minimum Gasteiger partial charge on any atom is -0.311 e. The van der Waals surface area contributed by atoms with E-state index in [2.05, 4.69) is 21.0 Å². The van der Waals surface area contributed by atoms with Gasteiger partial charge in [-0.05, 0) is 18.2 Å². The van der Waals surface area contributed by atoms with Crippen LogP contribution in [0, 0.1) is 11.3 Å². The second kappa shape index (κ2) is 11.1. The smallest absolute Gasteiger partial charge is 0.287 e. The molecule has 0 aliphatic carbocycles. The SMILES string of the molecule is N#CCCN(C(=O)CCC(=O)NNC(=O)c1cc(-c2ccccc2)n[nH]1)c1ccccc1. The molecule has 9 heteroatoms. The number of para-hydroxylation sites is 1. The van der Waals surface area contributed by atoms with E-state index in [0.717, 1.165) is 5.56 Å². The van der Waals surface area contributed by atoms with Crippen LogP contribution in [0.1, 0.15) is 29.8 Å². The van der Waals surface area contributed by atoms with Crippen molar-refractivity contribution in [2.45, 2.75) is 19.3 Å². The number of amides is 3. The van der Waals surface area contributed by atoms with Crippen LogP contribution in [0.25, 0.3) is 11.3 Å². The van der Waals surface area contributed by atoms with Gasteiger partial charge in [-0.25, -0.2) is 0 Å². The third-order valence-corrected chi connectivity index (χ3v) is 4.59. The van der Waals surface area contributed by atoms with Crippen molar-refractivity contribution >= 4 is 23.4 Å². The molecule has 0 aliphatic heterocycles. The second-order valence-electron chi connectivity index (χ2n) is 6.82. The van der Waals surface area contributed by atoms with Gasteiger partial charge in [0.05, 0.1) is 18.2 Å². The fourth-order valence-electron chi connectivity index (χ4n) is 2.97. The molecule has 3 rings (SSSR count). The van der Waals surface area contributed by atoms with Crippen molar-refractivity contribution < 1.29 is 14.4 Å². The van der Waals surface area contributed by atoms with Crippen LogP contribution in [-0.2, 0) is 9.59 Å². The molecule has 2 aromatic carbocycles. The van der Waals surface area contributed by atoms with E-state index >= 15 is 0 Å². The summed E-state index contributed by atoms with van der Waals surface area (Å²) in [5.41, 5.74) is 6.91. The molecule has 162 valence electrons. The topological polar surface area (TPSA) is 131 Å².